The van der Waals surface area contributed by atoms with Crippen molar-refractivity contribution in [3.05, 3.63) is 29.8 Å². The van der Waals surface area contributed by atoms with Crippen LogP contribution in [0.3, 0.4) is 0 Å². The number of benzene rings is 1. The third-order valence-corrected chi connectivity index (χ3v) is 5.63. The molecule has 1 aliphatic heterocycles. The van der Waals surface area contributed by atoms with E-state index in [0.717, 1.165) is 11.3 Å². The van der Waals surface area contributed by atoms with Gasteiger partial charge in [0.25, 0.3) is 0 Å². The molecule has 0 aromatic heterocycles. The molecule has 0 aliphatic carbocycles. The van der Waals surface area contributed by atoms with E-state index in [-0.39, 0.29) is 30.1 Å². The van der Waals surface area contributed by atoms with Crippen molar-refractivity contribution in [3.8, 4) is 5.75 Å². The first kappa shape index (κ1) is 17.6. The number of hydrogen-bond donors (Lipinski definition) is 1. The SMILES string of the molecule is CCOc1cccc(CCNC(=O)N2CCS(=O)(=O)CC2C)c1. The van der Waals surface area contributed by atoms with Gasteiger partial charge in [0.1, 0.15) is 5.75 Å². The van der Waals surface area contributed by atoms with E-state index in [1.165, 1.54) is 0 Å². The van der Waals surface area contributed by atoms with Gasteiger partial charge in [-0.25, -0.2) is 13.2 Å². The number of ether oxygens (including phenoxy) is 1. The third kappa shape index (κ3) is 5.13. The zero-order valence-corrected chi connectivity index (χ0v) is 14.4. The van der Waals surface area contributed by atoms with Gasteiger partial charge in [0.05, 0.1) is 18.1 Å². The van der Waals surface area contributed by atoms with Crippen molar-refractivity contribution in [2.75, 3.05) is 31.2 Å². The van der Waals surface area contributed by atoms with Crippen LogP contribution in [0.25, 0.3) is 0 Å². The fourth-order valence-electron chi connectivity index (χ4n) is 2.67. The minimum absolute atomic E-state index is 0.0385. The van der Waals surface area contributed by atoms with Crippen molar-refractivity contribution >= 4 is 15.9 Å². The smallest absolute Gasteiger partial charge is 0.317 e. The number of nitrogens with one attached hydrogen (secondary N) is 1. The molecule has 1 N–H and O–H groups in total. The van der Waals surface area contributed by atoms with Gasteiger partial charge in [0.15, 0.2) is 9.84 Å². The van der Waals surface area contributed by atoms with Gasteiger partial charge in [-0.05, 0) is 38.0 Å². The van der Waals surface area contributed by atoms with Crippen molar-refractivity contribution in [3.63, 3.8) is 0 Å². The maximum atomic E-state index is 12.2. The van der Waals surface area contributed by atoms with Crippen LogP contribution in [-0.4, -0.2) is 56.6 Å². The second kappa shape index (κ2) is 7.68. The second-order valence-electron chi connectivity index (χ2n) is 5.72. The van der Waals surface area contributed by atoms with E-state index in [4.69, 9.17) is 4.74 Å². The maximum absolute atomic E-state index is 12.2. The Balaban J connectivity index is 1.82. The van der Waals surface area contributed by atoms with Crippen molar-refractivity contribution in [1.82, 2.24) is 10.2 Å². The number of rotatable bonds is 5. The van der Waals surface area contributed by atoms with Gasteiger partial charge >= 0.3 is 6.03 Å². The molecule has 0 saturated carbocycles. The molecule has 23 heavy (non-hydrogen) atoms. The first-order valence-corrected chi connectivity index (χ1v) is 9.70. The highest BCUT2D eigenvalue weighted by atomic mass is 32.2. The third-order valence-electron chi connectivity index (χ3n) is 3.83. The molecule has 1 fully saturated rings. The first-order chi connectivity index (χ1) is 10.9. The molecule has 0 radical (unpaired) electrons. The molecule has 1 saturated heterocycles. The maximum Gasteiger partial charge on any atom is 0.317 e. The molecule has 128 valence electrons. The fourth-order valence-corrected chi connectivity index (χ4v) is 4.23. The molecular weight excluding hydrogens is 316 g/mol. The number of amides is 2. The summed E-state index contributed by atoms with van der Waals surface area (Å²) in [6.45, 7) is 5.09. The van der Waals surface area contributed by atoms with Crippen LogP contribution in [0.1, 0.15) is 19.4 Å². The van der Waals surface area contributed by atoms with Gasteiger partial charge < -0.3 is 15.0 Å². The molecule has 0 spiro atoms. The molecule has 6 nitrogen and oxygen atoms in total. The Kier molecular flexibility index (Phi) is 5.87. The van der Waals surface area contributed by atoms with Gasteiger partial charge in [-0.15, -0.1) is 0 Å². The number of carbonyl (C=O) groups is 1. The lowest BCUT2D eigenvalue weighted by Gasteiger charge is -2.33. The Morgan fingerprint density at radius 1 is 1.43 bits per heavy atom. The summed E-state index contributed by atoms with van der Waals surface area (Å²) in [6, 6.07) is 7.31. The molecule has 1 atom stereocenters. The van der Waals surface area contributed by atoms with Crippen LogP contribution < -0.4 is 10.1 Å². The Morgan fingerprint density at radius 2 is 2.22 bits per heavy atom. The average molecular weight is 340 g/mol. The topological polar surface area (TPSA) is 75.7 Å². The zero-order valence-electron chi connectivity index (χ0n) is 13.6. The van der Waals surface area contributed by atoms with E-state index in [0.29, 0.717) is 19.6 Å². The van der Waals surface area contributed by atoms with Crippen LogP contribution >= 0.6 is 0 Å². The highest BCUT2D eigenvalue weighted by Gasteiger charge is 2.30. The monoisotopic (exact) mass is 340 g/mol. The van der Waals surface area contributed by atoms with Gasteiger partial charge in [-0.3, -0.25) is 0 Å². The highest BCUT2D eigenvalue weighted by molar-refractivity contribution is 7.91. The second-order valence-corrected chi connectivity index (χ2v) is 7.95. The lowest BCUT2D eigenvalue weighted by atomic mass is 10.1. The number of carbonyl (C=O) groups excluding carboxylic acids is 1. The van der Waals surface area contributed by atoms with Crippen LogP contribution in [0.5, 0.6) is 5.75 Å². The summed E-state index contributed by atoms with van der Waals surface area (Å²) in [5, 5.41) is 2.86. The van der Waals surface area contributed by atoms with Crippen molar-refractivity contribution in [2.45, 2.75) is 26.3 Å². The average Bonchev–Trinajstić information content (AvgIpc) is 2.47. The Morgan fingerprint density at radius 3 is 2.91 bits per heavy atom. The van der Waals surface area contributed by atoms with Crippen molar-refractivity contribution in [2.24, 2.45) is 0 Å². The largest absolute Gasteiger partial charge is 0.494 e. The molecule has 1 heterocycles. The van der Waals surface area contributed by atoms with E-state index in [2.05, 4.69) is 5.32 Å². The summed E-state index contributed by atoms with van der Waals surface area (Å²) in [6.07, 6.45) is 0.702. The normalized spacial score (nSPS) is 20.1. The summed E-state index contributed by atoms with van der Waals surface area (Å²) < 4.78 is 28.5. The van der Waals surface area contributed by atoms with E-state index in [1.54, 1.807) is 11.8 Å². The molecule has 0 bridgehead atoms. The quantitative estimate of drug-likeness (QED) is 0.880. The van der Waals surface area contributed by atoms with Crippen LogP contribution in [0.4, 0.5) is 4.79 Å². The Labute approximate surface area is 137 Å². The standard InChI is InChI=1S/C16H24N2O4S/c1-3-22-15-6-4-5-14(11-15)7-8-17-16(19)18-9-10-23(20,21)12-13(18)2/h4-6,11,13H,3,7-10,12H2,1-2H3,(H,17,19). The number of sulfone groups is 1. The van der Waals surface area contributed by atoms with E-state index in [1.807, 2.05) is 31.2 Å². The lowest BCUT2D eigenvalue weighted by molar-refractivity contribution is 0.185. The molecule has 1 aromatic rings. The van der Waals surface area contributed by atoms with Crippen LogP contribution in [0, 0.1) is 0 Å². The summed E-state index contributed by atoms with van der Waals surface area (Å²) in [7, 11) is -3.01. The minimum atomic E-state index is -3.01. The van der Waals surface area contributed by atoms with Gasteiger partial charge in [-0.2, -0.15) is 0 Å². The number of hydrogen-bond acceptors (Lipinski definition) is 4. The molecule has 7 heteroatoms. The van der Waals surface area contributed by atoms with Crippen LogP contribution in [0.2, 0.25) is 0 Å². The fraction of sp³-hybridized carbons (Fsp3) is 0.562. The van der Waals surface area contributed by atoms with Crippen molar-refractivity contribution in [1.29, 1.82) is 0 Å². The van der Waals surface area contributed by atoms with Crippen molar-refractivity contribution < 1.29 is 17.9 Å². The number of nitrogens with zero attached hydrogens (tertiary/aromatic N) is 1. The molecule has 2 rings (SSSR count). The van der Waals surface area contributed by atoms with E-state index in [9.17, 15) is 13.2 Å². The predicted octanol–water partition coefficient (Wildman–Crippen LogP) is 1.46. The highest BCUT2D eigenvalue weighted by Crippen LogP contribution is 2.14. The summed E-state index contributed by atoms with van der Waals surface area (Å²) >= 11 is 0. The molecule has 2 amide bonds. The summed E-state index contributed by atoms with van der Waals surface area (Å²) in [5.41, 5.74) is 1.09. The van der Waals surface area contributed by atoms with Gasteiger partial charge in [-0.1, -0.05) is 12.1 Å². The van der Waals surface area contributed by atoms with Crippen LogP contribution in [-0.2, 0) is 16.3 Å². The Bertz CT molecular complexity index is 645. The van der Waals surface area contributed by atoms with Gasteiger partial charge in [0, 0.05) is 19.1 Å². The Hall–Kier alpha value is -1.76. The molecule has 1 unspecified atom stereocenters. The van der Waals surface area contributed by atoms with E-state index >= 15 is 0 Å². The summed E-state index contributed by atoms with van der Waals surface area (Å²) in [4.78, 5) is 13.8. The first-order valence-electron chi connectivity index (χ1n) is 7.88. The van der Waals surface area contributed by atoms with Crippen LogP contribution in [0.15, 0.2) is 24.3 Å². The zero-order chi connectivity index (χ0) is 16.9. The molecular formula is C16H24N2O4S. The lowest BCUT2D eigenvalue weighted by Crippen LogP contribution is -2.53. The predicted molar refractivity (Wildman–Crippen MR) is 89.5 cm³/mol. The summed E-state index contributed by atoms with van der Waals surface area (Å²) in [5.74, 6) is 0.907. The molecule has 1 aromatic carbocycles. The van der Waals surface area contributed by atoms with E-state index < -0.39 is 9.84 Å². The van der Waals surface area contributed by atoms with Gasteiger partial charge in [0.2, 0.25) is 0 Å². The number of urea groups is 1. The molecule has 1 aliphatic rings. The minimum Gasteiger partial charge on any atom is -0.494 e.